The van der Waals surface area contributed by atoms with E-state index in [0.717, 1.165) is 5.56 Å². The van der Waals surface area contributed by atoms with Crippen LogP contribution in [0.4, 0.5) is 0 Å². The number of hydrogen-bond donors (Lipinski definition) is 3. The summed E-state index contributed by atoms with van der Waals surface area (Å²) in [6.45, 7) is 2.04. The molecule has 18 heavy (non-hydrogen) atoms. The van der Waals surface area contributed by atoms with E-state index in [0.29, 0.717) is 12.1 Å². The fraction of sp³-hybridized carbons (Fsp3) is 0.385. The van der Waals surface area contributed by atoms with Crippen LogP contribution >= 0.6 is 0 Å². The maximum absolute atomic E-state index is 11.7. The molecule has 1 unspecified atom stereocenters. The zero-order valence-corrected chi connectivity index (χ0v) is 10.2. The number of aliphatic carboxylic acids is 1. The van der Waals surface area contributed by atoms with Crippen LogP contribution in [-0.2, 0) is 11.4 Å². The van der Waals surface area contributed by atoms with E-state index in [1.807, 2.05) is 0 Å². The fourth-order valence-corrected chi connectivity index (χ4v) is 1.50. The Labute approximate surface area is 105 Å². The summed E-state index contributed by atoms with van der Waals surface area (Å²) in [5.74, 6) is -1.22. The van der Waals surface area contributed by atoms with Crippen molar-refractivity contribution in [2.75, 3.05) is 6.54 Å². The van der Waals surface area contributed by atoms with Crippen LogP contribution in [-0.4, -0.2) is 28.6 Å². The minimum atomic E-state index is -0.871. The van der Waals surface area contributed by atoms with Gasteiger partial charge < -0.3 is 15.5 Å². The molecule has 0 heterocycles. The zero-order valence-electron chi connectivity index (χ0n) is 10.2. The summed E-state index contributed by atoms with van der Waals surface area (Å²) in [6, 6.07) is 6.61. The van der Waals surface area contributed by atoms with Crippen molar-refractivity contribution in [3.63, 3.8) is 0 Å². The molecule has 0 aliphatic rings. The summed E-state index contributed by atoms with van der Waals surface area (Å²) in [4.78, 5) is 22.2. The van der Waals surface area contributed by atoms with Crippen LogP contribution < -0.4 is 5.32 Å². The highest BCUT2D eigenvalue weighted by atomic mass is 16.4. The summed E-state index contributed by atoms with van der Waals surface area (Å²) in [7, 11) is 0. The first-order chi connectivity index (χ1) is 8.52. The van der Waals surface area contributed by atoms with E-state index >= 15 is 0 Å². The van der Waals surface area contributed by atoms with Crippen molar-refractivity contribution in [2.45, 2.75) is 20.0 Å². The number of rotatable bonds is 6. The molecule has 98 valence electrons. The van der Waals surface area contributed by atoms with Crippen molar-refractivity contribution in [1.29, 1.82) is 0 Å². The van der Waals surface area contributed by atoms with E-state index in [4.69, 9.17) is 10.2 Å². The Morgan fingerprint density at radius 1 is 1.28 bits per heavy atom. The van der Waals surface area contributed by atoms with Gasteiger partial charge in [-0.25, -0.2) is 0 Å². The van der Waals surface area contributed by atoms with E-state index in [2.05, 4.69) is 5.32 Å². The highest BCUT2D eigenvalue weighted by molar-refractivity contribution is 5.94. The lowest BCUT2D eigenvalue weighted by molar-refractivity contribution is -0.137. The van der Waals surface area contributed by atoms with Crippen molar-refractivity contribution in [3.05, 3.63) is 35.4 Å². The predicted octanol–water partition coefficient (Wildman–Crippen LogP) is 1.02. The van der Waals surface area contributed by atoms with Gasteiger partial charge in [0.2, 0.25) is 0 Å². The second kappa shape index (κ2) is 6.76. The van der Waals surface area contributed by atoms with E-state index in [1.54, 1.807) is 31.2 Å². The Kier molecular flexibility index (Phi) is 5.32. The molecular formula is C13H17NO4. The molecule has 5 nitrogen and oxygen atoms in total. The molecule has 5 heteroatoms. The Hall–Kier alpha value is -1.88. The molecule has 1 aromatic rings. The van der Waals surface area contributed by atoms with Gasteiger partial charge >= 0.3 is 5.97 Å². The Morgan fingerprint density at radius 3 is 2.39 bits per heavy atom. The van der Waals surface area contributed by atoms with E-state index in [-0.39, 0.29) is 24.9 Å². The quantitative estimate of drug-likeness (QED) is 0.704. The van der Waals surface area contributed by atoms with Gasteiger partial charge in [-0.2, -0.15) is 0 Å². The third-order valence-electron chi connectivity index (χ3n) is 2.53. The number of carboxylic acids is 1. The number of hydrogen-bond acceptors (Lipinski definition) is 3. The van der Waals surface area contributed by atoms with Gasteiger partial charge in [-0.1, -0.05) is 19.1 Å². The van der Waals surface area contributed by atoms with Gasteiger partial charge in [0.05, 0.1) is 6.61 Å². The monoisotopic (exact) mass is 251 g/mol. The molecule has 0 spiro atoms. The van der Waals surface area contributed by atoms with Gasteiger partial charge in [0, 0.05) is 18.5 Å². The number of benzene rings is 1. The molecule has 0 fully saturated rings. The van der Waals surface area contributed by atoms with E-state index < -0.39 is 5.97 Å². The van der Waals surface area contributed by atoms with Crippen molar-refractivity contribution in [2.24, 2.45) is 5.92 Å². The number of carbonyl (C=O) groups is 2. The van der Waals surface area contributed by atoms with Crippen LogP contribution in [0.25, 0.3) is 0 Å². The number of aliphatic hydroxyl groups excluding tert-OH is 1. The maximum Gasteiger partial charge on any atom is 0.303 e. The number of nitrogens with one attached hydrogen (secondary N) is 1. The summed E-state index contributed by atoms with van der Waals surface area (Å²) >= 11 is 0. The molecule has 1 rings (SSSR count). The maximum atomic E-state index is 11.7. The minimum absolute atomic E-state index is 0.0315. The van der Waals surface area contributed by atoms with Crippen molar-refractivity contribution < 1.29 is 19.8 Å². The topological polar surface area (TPSA) is 86.6 Å². The number of amides is 1. The number of carboxylic acid groups (broad SMARTS) is 1. The highest BCUT2D eigenvalue weighted by Gasteiger charge is 2.10. The molecule has 0 saturated heterocycles. The molecule has 0 saturated carbocycles. The SMILES string of the molecule is CC(CNC(=O)c1ccc(CO)cc1)CC(=O)O. The largest absolute Gasteiger partial charge is 0.481 e. The first-order valence-corrected chi connectivity index (χ1v) is 5.72. The zero-order chi connectivity index (χ0) is 13.5. The standard InChI is InChI=1S/C13H17NO4/c1-9(6-12(16)17)7-14-13(18)11-4-2-10(8-15)3-5-11/h2-5,9,15H,6-8H2,1H3,(H,14,18)(H,16,17). The minimum Gasteiger partial charge on any atom is -0.481 e. The summed E-state index contributed by atoms with van der Waals surface area (Å²) in [5, 5.41) is 20.1. The van der Waals surface area contributed by atoms with Gasteiger partial charge in [0.1, 0.15) is 0 Å². The smallest absolute Gasteiger partial charge is 0.303 e. The molecule has 1 atom stereocenters. The highest BCUT2D eigenvalue weighted by Crippen LogP contribution is 2.05. The number of aliphatic hydroxyl groups is 1. The molecule has 1 aromatic carbocycles. The van der Waals surface area contributed by atoms with Crippen LogP contribution in [0.3, 0.4) is 0 Å². The van der Waals surface area contributed by atoms with Gasteiger partial charge in [-0.05, 0) is 23.6 Å². The predicted molar refractivity (Wildman–Crippen MR) is 66.1 cm³/mol. The molecule has 3 N–H and O–H groups in total. The Bertz CT molecular complexity index is 414. The first-order valence-electron chi connectivity index (χ1n) is 5.72. The summed E-state index contributed by atoms with van der Waals surface area (Å²) < 4.78 is 0. The molecular weight excluding hydrogens is 234 g/mol. The van der Waals surface area contributed by atoms with E-state index in [1.165, 1.54) is 0 Å². The summed E-state index contributed by atoms with van der Waals surface area (Å²) in [5.41, 5.74) is 1.24. The molecule has 0 bridgehead atoms. The van der Waals surface area contributed by atoms with Crippen LogP contribution in [0.5, 0.6) is 0 Å². The van der Waals surface area contributed by atoms with Crippen molar-refractivity contribution >= 4 is 11.9 Å². The second-order valence-electron chi connectivity index (χ2n) is 4.27. The fourth-order valence-electron chi connectivity index (χ4n) is 1.50. The lowest BCUT2D eigenvalue weighted by atomic mass is 10.1. The van der Waals surface area contributed by atoms with Crippen molar-refractivity contribution in [3.8, 4) is 0 Å². The molecule has 1 amide bonds. The van der Waals surface area contributed by atoms with Crippen LogP contribution in [0.15, 0.2) is 24.3 Å². The average molecular weight is 251 g/mol. The molecule has 0 aromatic heterocycles. The van der Waals surface area contributed by atoms with Gasteiger partial charge in [0.15, 0.2) is 0 Å². The molecule has 0 radical (unpaired) electrons. The summed E-state index contributed by atoms with van der Waals surface area (Å²) in [6.07, 6.45) is 0.0315. The number of carbonyl (C=O) groups excluding carboxylic acids is 1. The lowest BCUT2D eigenvalue weighted by Gasteiger charge is -2.10. The van der Waals surface area contributed by atoms with Gasteiger partial charge in [-0.15, -0.1) is 0 Å². The molecule has 0 aliphatic heterocycles. The second-order valence-corrected chi connectivity index (χ2v) is 4.27. The van der Waals surface area contributed by atoms with Crippen molar-refractivity contribution in [1.82, 2.24) is 5.32 Å². The normalized spacial score (nSPS) is 11.9. The van der Waals surface area contributed by atoms with Crippen LogP contribution in [0.2, 0.25) is 0 Å². The Balaban J connectivity index is 2.47. The first kappa shape index (κ1) is 14.2. The third-order valence-corrected chi connectivity index (χ3v) is 2.53. The van der Waals surface area contributed by atoms with E-state index in [9.17, 15) is 9.59 Å². The van der Waals surface area contributed by atoms with Gasteiger partial charge in [-0.3, -0.25) is 9.59 Å². The Morgan fingerprint density at radius 2 is 1.89 bits per heavy atom. The third kappa shape index (κ3) is 4.55. The molecule has 0 aliphatic carbocycles. The lowest BCUT2D eigenvalue weighted by Crippen LogP contribution is -2.29. The average Bonchev–Trinajstić information content (AvgIpc) is 2.35. The van der Waals surface area contributed by atoms with Crippen LogP contribution in [0.1, 0.15) is 29.3 Å². The van der Waals surface area contributed by atoms with Gasteiger partial charge in [0.25, 0.3) is 5.91 Å². The van der Waals surface area contributed by atoms with Crippen LogP contribution in [0, 0.1) is 5.92 Å².